The van der Waals surface area contributed by atoms with E-state index in [0.717, 1.165) is 0 Å². The molecule has 4 atom stereocenters. The Kier molecular flexibility index (Phi) is 4.00. The summed E-state index contributed by atoms with van der Waals surface area (Å²) in [5, 5.41) is 9.60. The van der Waals surface area contributed by atoms with E-state index in [-0.39, 0.29) is 30.7 Å². The maximum absolute atomic E-state index is 7.18. The number of hydrogen-bond acceptors (Lipinski definition) is 7. The van der Waals surface area contributed by atoms with E-state index in [2.05, 4.69) is 10.3 Å². The zero-order valence-electron chi connectivity index (χ0n) is 14.3. The lowest BCUT2D eigenvalue weighted by molar-refractivity contribution is -0.274. The van der Waals surface area contributed by atoms with E-state index < -0.39 is 23.5 Å². The zero-order chi connectivity index (χ0) is 17.8. The highest BCUT2D eigenvalue weighted by molar-refractivity contribution is 5.95. The van der Waals surface area contributed by atoms with Gasteiger partial charge in [-0.25, -0.2) is 4.99 Å². The van der Waals surface area contributed by atoms with E-state index >= 15 is 0 Å². The van der Waals surface area contributed by atoms with Gasteiger partial charge in [-0.1, -0.05) is 0 Å². The van der Waals surface area contributed by atoms with Gasteiger partial charge < -0.3 is 35.2 Å². The second-order valence-corrected chi connectivity index (χ2v) is 7.04. The first kappa shape index (κ1) is 17.4. The molecule has 0 aliphatic carbocycles. The Morgan fingerprint density at radius 1 is 1.17 bits per heavy atom. The Hall–Kier alpha value is -1.46. The van der Waals surface area contributed by atoms with Gasteiger partial charge in [0.1, 0.15) is 18.3 Å². The van der Waals surface area contributed by atoms with E-state index in [0.29, 0.717) is 6.61 Å². The molecule has 0 saturated carbocycles. The molecule has 0 aromatic heterocycles. The average molecular weight is 343 g/mol. The standard InChI is InChI=1S/C14H25N5O5/c1-12(2)21-7-5-20-14(6-18-11(17)19-10(15)16)9(8(7)22-12)23-13(3,4)24-14/h7-9H,5-6H2,1-4H3,(H6,15,16,17,18,19)/t7-,8-,9?,14+/m1/s1. The second kappa shape index (κ2) is 5.53. The van der Waals surface area contributed by atoms with Crippen molar-refractivity contribution in [2.75, 3.05) is 13.2 Å². The SMILES string of the molecule is CC1(C)O[C@@H]2CO[C@@]3(CN=C(N)NC(=N)N)OC(C)(C)OC3[C@@H]2O1. The van der Waals surface area contributed by atoms with Crippen molar-refractivity contribution in [2.45, 2.75) is 63.4 Å². The first-order chi connectivity index (χ1) is 11.0. The molecule has 0 aromatic carbocycles. The summed E-state index contributed by atoms with van der Waals surface area (Å²) in [7, 11) is 0. The molecule has 6 N–H and O–H groups in total. The number of nitrogens with two attached hydrogens (primary N) is 2. The molecule has 3 aliphatic heterocycles. The van der Waals surface area contributed by atoms with Crippen molar-refractivity contribution in [1.82, 2.24) is 5.32 Å². The van der Waals surface area contributed by atoms with Crippen LogP contribution in [0, 0.1) is 5.41 Å². The molecule has 0 bridgehead atoms. The maximum Gasteiger partial charge on any atom is 0.220 e. The summed E-state index contributed by atoms with van der Waals surface area (Å²) in [5.41, 5.74) is 10.9. The van der Waals surface area contributed by atoms with Crippen LogP contribution in [-0.2, 0) is 23.7 Å². The van der Waals surface area contributed by atoms with E-state index in [1.54, 1.807) is 13.8 Å². The van der Waals surface area contributed by atoms with Gasteiger partial charge in [-0.15, -0.1) is 0 Å². The number of nitrogens with one attached hydrogen (secondary N) is 2. The summed E-state index contributed by atoms with van der Waals surface area (Å²) in [6.45, 7) is 7.65. The average Bonchev–Trinajstić information content (AvgIpc) is 2.87. The van der Waals surface area contributed by atoms with Crippen molar-refractivity contribution in [1.29, 1.82) is 5.41 Å². The highest BCUT2D eigenvalue weighted by Crippen LogP contribution is 2.47. The summed E-state index contributed by atoms with van der Waals surface area (Å²) >= 11 is 0. The summed E-state index contributed by atoms with van der Waals surface area (Å²) in [6, 6.07) is 0. The van der Waals surface area contributed by atoms with Crippen molar-refractivity contribution in [3.8, 4) is 0 Å². The predicted molar refractivity (Wildman–Crippen MR) is 84.1 cm³/mol. The Morgan fingerprint density at radius 3 is 2.54 bits per heavy atom. The maximum atomic E-state index is 7.18. The Balaban J connectivity index is 1.83. The zero-order valence-corrected chi connectivity index (χ0v) is 14.3. The summed E-state index contributed by atoms with van der Waals surface area (Å²) < 4.78 is 29.9. The van der Waals surface area contributed by atoms with Crippen LogP contribution in [0.25, 0.3) is 0 Å². The van der Waals surface area contributed by atoms with Crippen LogP contribution in [0.1, 0.15) is 27.7 Å². The van der Waals surface area contributed by atoms with Crippen molar-refractivity contribution in [3.05, 3.63) is 0 Å². The highest BCUT2D eigenvalue weighted by Gasteiger charge is 2.65. The molecule has 3 saturated heterocycles. The third-order valence-corrected chi connectivity index (χ3v) is 4.01. The molecule has 0 amide bonds. The van der Waals surface area contributed by atoms with Crippen molar-refractivity contribution in [3.63, 3.8) is 0 Å². The van der Waals surface area contributed by atoms with Crippen LogP contribution in [0.5, 0.6) is 0 Å². The van der Waals surface area contributed by atoms with Crippen LogP contribution in [0.4, 0.5) is 0 Å². The van der Waals surface area contributed by atoms with Crippen molar-refractivity contribution in [2.24, 2.45) is 16.5 Å². The van der Waals surface area contributed by atoms with Crippen LogP contribution in [0.15, 0.2) is 4.99 Å². The number of fused-ring (bicyclic) bond motifs is 3. The second-order valence-electron chi connectivity index (χ2n) is 7.04. The topological polar surface area (TPSA) is 146 Å². The number of ether oxygens (including phenoxy) is 5. The third-order valence-electron chi connectivity index (χ3n) is 4.01. The summed E-state index contributed by atoms with van der Waals surface area (Å²) in [5.74, 6) is -3.03. The molecular formula is C14H25N5O5. The first-order valence-corrected chi connectivity index (χ1v) is 7.80. The van der Waals surface area contributed by atoms with Gasteiger partial charge in [0.25, 0.3) is 0 Å². The molecule has 0 spiro atoms. The summed E-state index contributed by atoms with van der Waals surface area (Å²) in [4.78, 5) is 4.17. The normalized spacial score (nSPS) is 40.0. The minimum atomic E-state index is -1.14. The van der Waals surface area contributed by atoms with Crippen LogP contribution in [0.3, 0.4) is 0 Å². The molecule has 0 aromatic rings. The molecule has 3 rings (SSSR count). The highest BCUT2D eigenvalue weighted by atomic mass is 16.9. The number of guanidine groups is 2. The van der Waals surface area contributed by atoms with E-state index in [1.807, 2.05) is 13.8 Å². The molecule has 3 heterocycles. The third kappa shape index (κ3) is 3.20. The predicted octanol–water partition coefficient (Wildman–Crippen LogP) is -0.818. The van der Waals surface area contributed by atoms with Crippen LogP contribution in [-0.4, -0.2) is 60.7 Å². The fourth-order valence-electron chi connectivity index (χ4n) is 3.34. The molecule has 0 radical (unpaired) electrons. The Labute approximate surface area is 140 Å². The molecule has 10 nitrogen and oxygen atoms in total. The van der Waals surface area contributed by atoms with Gasteiger partial charge in [-0.3, -0.25) is 10.7 Å². The number of aliphatic imine (C=N–C) groups is 1. The number of hydrogen-bond donors (Lipinski definition) is 4. The molecule has 3 aliphatic rings. The Morgan fingerprint density at radius 2 is 1.88 bits per heavy atom. The molecule has 24 heavy (non-hydrogen) atoms. The minimum absolute atomic E-state index is 0.00132. The van der Waals surface area contributed by atoms with Crippen LogP contribution in [0.2, 0.25) is 0 Å². The lowest BCUT2D eigenvalue weighted by atomic mass is 9.97. The lowest BCUT2D eigenvalue weighted by Crippen LogP contribution is -2.60. The minimum Gasteiger partial charge on any atom is -0.370 e. The molecule has 1 unspecified atom stereocenters. The monoisotopic (exact) mass is 343 g/mol. The van der Waals surface area contributed by atoms with E-state index in [1.165, 1.54) is 0 Å². The molecule has 3 fully saturated rings. The van der Waals surface area contributed by atoms with Gasteiger partial charge in [-0.2, -0.15) is 0 Å². The van der Waals surface area contributed by atoms with Gasteiger partial charge in [-0.05, 0) is 27.7 Å². The van der Waals surface area contributed by atoms with Crippen molar-refractivity contribution >= 4 is 11.9 Å². The molecule has 10 heteroatoms. The van der Waals surface area contributed by atoms with E-state index in [4.69, 9.17) is 40.6 Å². The quantitative estimate of drug-likeness (QED) is 0.376. The van der Waals surface area contributed by atoms with Crippen molar-refractivity contribution < 1.29 is 23.7 Å². The van der Waals surface area contributed by atoms with Gasteiger partial charge in [0, 0.05) is 0 Å². The largest absolute Gasteiger partial charge is 0.370 e. The smallest absolute Gasteiger partial charge is 0.220 e. The van der Waals surface area contributed by atoms with E-state index in [9.17, 15) is 0 Å². The fourth-order valence-corrected chi connectivity index (χ4v) is 3.34. The fraction of sp³-hybridized carbons (Fsp3) is 0.857. The molecular weight excluding hydrogens is 318 g/mol. The van der Waals surface area contributed by atoms with Gasteiger partial charge in [0.05, 0.1) is 13.2 Å². The summed E-state index contributed by atoms with van der Waals surface area (Å²) in [6.07, 6.45) is -1.11. The lowest BCUT2D eigenvalue weighted by Gasteiger charge is -2.39. The number of nitrogens with zero attached hydrogens (tertiary/aromatic N) is 1. The molecule has 136 valence electrons. The number of rotatable bonds is 2. The van der Waals surface area contributed by atoms with Crippen LogP contribution >= 0.6 is 0 Å². The van der Waals surface area contributed by atoms with Gasteiger partial charge in [0.2, 0.25) is 5.79 Å². The first-order valence-electron chi connectivity index (χ1n) is 7.80. The van der Waals surface area contributed by atoms with Gasteiger partial charge in [0.15, 0.2) is 23.5 Å². The van der Waals surface area contributed by atoms with Crippen LogP contribution < -0.4 is 16.8 Å². The van der Waals surface area contributed by atoms with Gasteiger partial charge >= 0.3 is 0 Å². The Bertz CT molecular complexity index is 566.